The summed E-state index contributed by atoms with van der Waals surface area (Å²) in [7, 11) is 0. The van der Waals surface area contributed by atoms with E-state index >= 15 is 0 Å². The lowest BCUT2D eigenvalue weighted by Crippen LogP contribution is -2.44. The number of piperidine rings is 1. The fraction of sp³-hybridized carbons (Fsp3) is 0.652. The molecule has 1 aliphatic carbocycles. The van der Waals surface area contributed by atoms with Crippen LogP contribution in [-0.4, -0.2) is 44.3 Å². The number of likely N-dealkylation sites (tertiary alicyclic amines) is 1. The lowest BCUT2D eigenvalue weighted by Gasteiger charge is -2.40. The van der Waals surface area contributed by atoms with Gasteiger partial charge in [0.2, 0.25) is 11.8 Å². The van der Waals surface area contributed by atoms with Gasteiger partial charge in [0.25, 0.3) is 0 Å². The molecule has 7 nitrogen and oxygen atoms in total. The molecule has 0 spiro atoms. The number of carbonyl (C=O) groups excluding carboxylic acids is 2. The number of imidazole rings is 1. The molecule has 0 bridgehead atoms. The quantitative estimate of drug-likeness (QED) is 0.686. The number of hydrogen-bond donors (Lipinski definition) is 1. The standard InChI is InChI=1S/C23H33N5O2S/c1-2-19-24-10-13-28(19)18-7-6-12-27(17-18)21(30)16-23(8-4-3-5-9-23)15-20(29)26-22-25-11-14-31-22/h10-11,13-14,18H,2-9,12,15-17H2,1H3,(H,25,26,29). The van der Waals surface area contributed by atoms with Gasteiger partial charge in [-0.15, -0.1) is 11.3 Å². The molecular weight excluding hydrogens is 410 g/mol. The molecule has 8 heteroatoms. The van der Waals surface area contributed by atoms with Gasteiger partial charge in [0, 0.05) is 56.3 Å². The number of nitrogens with one attached hydrogen (secondary N) is 1. The molecule has 2 aromatic rings. The second kappa shape index (κ2) is 9.94. The second-order valence-electron chi connectivity index (χ2n) is 9.04. The van der Waals surface area contributed by atoms with Gasteiger partial charge in [0.15, 0.2) is 5.13 Å². The third-order valence-electron chi connectivity index (χ3n) is 6.86. The second-order valence-corrected chi connectivity index (χ2v) is 9.93. The Bertz CT molecular complexity index is 872. The highest BCUT2D eigenvalue weighted by molar-refractivity contribution is 7.13. The van der Waals surface area contributed by atoms with Gasteiger partial charge in [0.1, 0.15) is 5.82 Å². The van der Waals surface area contributed by atoms with Gasteiger partial charge in [-0.25, -0.2) is 9.97 Å². The zero-order valence-electron chi connectivity index (χ0n) is 18.4. The van der Waals surface area contributed by atoms with Crippen molar-refractivity contribution in [1.29, 1.82) is 0 Å². The van der Waals surface area contributed by atoms with Gasteiger partial charge >= 0.3 is 0 Å². The lowest BCUT2D eigenvalue weighted by molar-refractivity contribution is -0.136. The number of aryl methyl sites for hydroxylation is 1. The first kappa shape index (κ1) is 22.0. The van der Waals surface area contributed by atoms with Crippen molar-refractivity contribution in [2.75, 3.05) is 18.4 Å². The van der Waals surface area contributed by atoms with Crippen molar-refractivity contribution in [1.82, 2.24) is 19.4 Å². The maximum absolute atomic E-state index is 13.4. The molecule has 1 saturated heterocycles. The van der Waals surface area contributed by atoms with Crippen molar-refractivity contribution < 1.29 is 9.59 Å². The fourth-order valence-electron chi connectivity index (χ4n) is 5.30. The Hall–Kier alpha value is -2.22. The van der Waals surface area contributed by atoms with Crippen LogP contribution in [0.3, 0.4) is 0 Å². The van der Waals surface area contributed by atoms with Crippen LogP contribution in [0.2, 0.25) is 0 Å². The number of hydrogen-bond acceptors (Lipinski definition) is 5. The predicted molar refractivity (Wildman–Crippen MR) is 122 cm³/mol. The molecule has 0 radical (unpaired) electrons. The van der Waals surface area contributed by atoms with Crippen LogP contribution < -0.4 is 5.32 Å². The molecule has 1 aliphatic heterocycles. The van der Waals surface area contributed by atoms with Crippen LogP contribution in [0.4, 0.5) is 5.13 Å². The highest BCUT2D eigenvalue weighted by Crippen LogP contribution is 2.43. The summed E-state index contributed by atoms with van der Waals surface area (Å²) in [6.45, 7) is 3.67. The van der Waals surface area contributed by atoms with E-state index in [2.05, 4.69) is 26.8 Å². The highest BCUT2D eigenvalue weighted by Gasteiger charge is 2.38. The fourth-order valence-corrected chi connectivity index (χ4v) is 5.84. The highest BCUT2D eigenvalue weighted by atomic mass is 32.1. The largest absolute Gasteiger partial charge is 0.341 e. The molecule has 1 N–H and O–H groups in total. The summed E-state index contributed by atoms with van der Waals surface area (Å²) < 4.78 is 2.25. The third kappa shape index (κ3) is 5.34. The number of carbonyl (C=O) groups is 2. The molecule has 168 valence electrons. The maximum Gasteiger partial charge on any atom is 0.226 e. The number of aromatic nitrogens is 3. The molecule has 2 amide bonds. The zero-order valence-corrected chi connectivity index (χ0v) is 19.2. The number of rotatable bonds is 7. The minimum Gasteiger partial charge on any atom is -0.341 e. The van der Waals surface area contributed by atoms with Crippen LogP contribution >= 0.6 is 11.3 Å². The van der Waals surface area contributed by atoms with Crippen molar-refractivity contribution in [3.63, 3.8) is 0 Å². The molecule has 1 unspecified atom stereocenters. The van der Waals surface area contributed by atoms with Crippen molar-refractivity contribution >= 4 is 28.3 Å². The molecule has 2 aromatic heterocycles. The van der Waals surface area contributed by atoms with E-state index in [1.165, 1.54) is 17.8 Å². The molecule has 1 atom stereocenters. The Kier molecular flexibility index (Phi) is 7.05. The molecule has 2 fully saturated rings. The number of nitrogens with zero attached hydrogens (tertiary/aromatic N) is 4. The van der Waals surface area contributed by atoms with Gasteiger partial charge in [-0.05, 0) is 31.1 Å². The SMILES string of the molecule is CCc1nccn1C1CCCN(C(=O)CC2(CC(=O)Nc3nccs3)CCCCC2)C1. The Morgan fingerprint density at radius 3 is 2.74 bits per heavy atom. The van der Waals surface area contributed by atoms with Crippen LogP contribution in [-0.2, 0) is 16.0 Å². The van der Waals surface area contributed by atoms with Crippen molar-refractivity contribution in [2.45, 2.75) is 77.2 Å². The average Bonchev–Trinajstić information content (AvgIpc) is 3.46. The van der Waals surface area contributed by atoms with Gasteiger partial charge in [0.05, 0.1) is 6.04 Å². The lowest BCUT2D eigenvalue weighted by atomic mass is 9.69. The molecule has 31 heavy (non-hydrogen) atoms. The minimum absolute atomic E-state index is 0.0211. The van der Waals surface area contributed by atoms with Crippen LogP contribution in [0, 0.1) is 5.41 Å². The molecule has 0 aromatic carbocycles. The Morgan fingerprint density at radius 1 is 1.16 bits per heavy atom. The van der Waals surface area contributed by atoms with E-state index in [1.807, 2.05) is 22.7 Å². The van der Waals surface area contributed by atoms with E-state index in [0.29, 0.717) is 24.0 Å². The monoisotopic (exact) mass is 443 g/mol. The van der Waals surface area contributed by atoms with Crippen molar-refractivity contribution in [3.8, 4) is 0 Å². The first-order chi connectivity index (χ1) is 15.1. The molecule has 3 heterocycles. The van der Waals surface area contributed by atoms with Crippen LogP contribution in [0.15, 0.2) is 24.0 Å². The van der Waals surface area contributed by atoms with Gasteiger partial charge < -0.3 is 14.8 Å². The first-order valence-electron chi connectivity index (χ1n) is 11.6. The third-order valence-corrected chi connectivity index (χ3v) is 7.55. The molecule has 1 saturated carbocycles. The Labute approximate surface area is 188 Å². The van der Waals surface area contributed by atoms with Crippen LogP contribution in [0.5, 0.6) is 0 Å². The van der Waals surface area contributed by atoms with E-state index in [0.717, 1.165) is 63.9 Å². The van der Waals surface area contributed by atoms with Crippen molar-refractivity contribution in [2.24, 2.45) is 5.41 Å². The zero-order chi connectivity index (χ0) is 21.7. The summed E-state index contributed by atoms with van der Waals surface area (Å²) in [6, 6.07) is 0.297. The normalized spacial score (nSPS) is 21.1. The van der Waals surface area contributed by atoms with Gasteiger partial charge in [-0.2, -0.15) is 0 Å². The molecule has 2 aliphatic rings. The molecular formula is C23H33N5O2S. The average molecular weight is 444 g/mol. The van der Waals surface area contributed by atoms with Gasteiger partial charge in [-0.1, -0.05) is 26.2 Å². The van der Waals surface area contributed by atoms with E-state index in [-0.39, 0.29) is 17.2 Å². The Morgan fingerprint density at radius 2 is 2.00 bits per heavy atom. The number of amides is 2. The van der Waals surface area contributed by atoms with E-state index in [4.69, 9.17) is 0 Å². The van der Waals surface area contributed by atoms with Crippen LogP contribution in [0.1, 0.15) is 76.6 Å². The maximum atomic E-state index is 13.4. The summed E-state index contributed by atoms with van der Waals surface area (Å²) in [6.07, 6.45) is 14.7. The van der Waals surface area contributed by atoms with E-state index in [1.54, 1.807) is 6.20 Å². The van der Waals surface area contributed by atoms with Crippen molar-refractivity contribution in [3.05, 3.63) is 29.8 Å². The summed E-state index contributed by atoms with van der Waals surface area (Å²) in [5, 5.41) is 5.40. The topological polar surface area (TPSA) is 80.1 Å². The van der Waals surface area contributed by atoms with E-state index < -0.39 is 0 Å². The molecule has 4 rings (SSSR count). The summed E-state index contributed by atoms with van der Waals surface area (Å²) in [4.78, 5) is 36.8. The number of thiazole rings is 1. The summed E-state index contributed by atoms with van der Waals surface area (Å²) in [5.74, 6) is 1.26. The predicted octanol–water partition coefficient (Wildman–Crippen LogP) is 4.43. The first-order valence-corrected chi connectivity index (χ1v) is 12.5. The summed E-state index contributed by atoms with van der Waals surface area (Å²) in [5.41, 5.74) is -0.229. The van der Waals surface area contributed by atoms with Crippen LogP contribution in [0.25, 0.3) is 0 Å². The van der Waals surface area contributed by atoms with E-state index in [9.17, 15) is 9.59 Å². The smallest absolute Gasteiger partial charge is 0.226 e. The Balaban J connectivity index is 1.41. The summed E-state index contributed by atoms with van der Waals surface area (Å²) >= 11 is 1.42. The minimum atomic E-state index is -0.229. The number of anilines is 1. The van der Waals surface area contributed by atoms with Gasteiger partial charge in [-0.3, -0.25) is 9.59 Å².